The highest BCUT2D eigenvalue weighted by atomic mass is 127. The molecular weight excluding hydrogens is 575 g/mol. The summed E-state index contributed by atoms with van der Waals surface area (Å²) in [5.74, 6) is -0.337. The molecule has 0 spiro atoms. The molecule has 0 fully saturated rings. The van der Waals surface area contributed by atoms with Gasteiger partial charge in [-0.25, -0.2) is 13.2 Å². The Balaban J connectivity index is 1.33. The van der Waals surface area contributed by atoms with E-state index in [1.165, 1.54) is 42.5 Å². The number of hydrogen-bond acceptors (Lipinski definition) is 7. The first-order valence-electron chi connectivity index (χ1n) is 10.1. The first kappa shape index (κ1) is 23.8. The van der Waals surface area contributed by atoms with Crippen molar-refractivity contribution in [3.63, 3.8) is 0 Å². The summed E-state index contributed by atoms with van der Waals surface area (Å²) in [4.78, 5) is 24.2. The number of carbonyl (C=O) groups excluding carboxylic acids is 2. The molecule has 0 unspecified atom stereocenters. The van der Waals surface area contributed by atoms with E-state index >= 15 is 0 Å². The van der Waals surface area contributed by atoms with Crippen LogP contribution >= 0.6 is 22.6 Å². The van der Waals surface area contributed by atoms with Gasteiger partial charge in [0, 0.05) is 21.0 Å². The van der Waals surface area contributed by atoms with E-state index in [0.29, 0.717) is 30.4 Å². The number of fused-ring (bicyclic) bond motifs is 1. The van der Waals surface area contributed by atoms with Gasteiger partial charge in [-0.2, -0.15) is 0 Å². The Kier molecular flexibility index (Phi) is 7.22. The van der Waals surface area contributed by atoms with E-state index in [-0.39, 0.29) is 16.1 Å². The molecule has 1 amide bonds. The van der Waals surface area contributed by atoms with E-state index in [2.05, 4.69) is 32.6 Å². The van der Waals surface area contributed by atoms with Crippen molar-refractivity contribution in [2.24, 2.45) is 0 Å². The number of sulfonamides is 1. The van der Waals surface area contributed by atoms with Crippen LogP contribution in [0.15, 0.2) is 71.6 Å². The highest BCUT2D eigenvalue weighted by Gasteiger charge is 2.20. The molecule has 3 aromatic rings. The quantitative estimate of drug-likeness (QED) is 0.317. The first-order valence-corrected chi connectivity index (χ1v) is 12.6. The molecule has 0 aromatic heterocycles. The third-order valence-electron chi connectivity index (χ3n) is 4.66. The summed E-state index contributed by atoms with van der Waals surface area (Å²) in [5, 5.41) is 2.63. The normalized spacial score (nSPS) is 12.5. The lowest BCUT2D eigenvalue weighted by molar-refractivity contribution is -0.119. The number of halogens is 1. The molecule has 3 aromatic carbocycles. The monoisotopic (exact) mass is 594 g/mol. The Morgan fingerprint density at radius 3 is 2.24 bits per heavy atom. The molecule has 0 radical (unpaired) electrons. The minimum Gasteiger partial charge on any atom is -0.486 e. The summed E-state index contributed by atoms with van der Waals surface area (Å²) < 4.78 is 44.8. The summed E-state index contributed by atoms with van der Waals surface area (Å²) in [6, 6.07) is 17.2. The zero-order chi connectivity index (χ0) is 24.1. The summed E-state index contributed by atoms with van der Waals surface area (Å²) in [6.07, 6.45) is 0. The van der Waals surface area contributed by atoms with Crippen LogP contribution in [-0.4, -0.2) is 40.1 Å². The average molecular weight is 594 g/mol. The minimum absolute atomic E-state index is 0.0133. The minimum atomic E-state index is -3.89. The average Bonchev–Trinajstić information content (AvgIpc) is 2.84. The topological polar surface area (TPSA) is 120 Å². The van der Waals surface area contributed by atoms with Crippen LogP contribution in [0.2, 0.25) is 0 Å². The van der Waals surface area contributed by atoms with Crippen molar-refractivity contribution in [3.8, 4) is 11.5 Å². The molecule has 4 rings (SSSR count). The fourth-order valence-corrected chi connectivity index (χ4v) is 4.46. The zero-order valence-corrected chi connectivity index (χ0v) is 20.6. The lowest BCUT2D eigenvalue weighted by Crippen LogP contribution is -2.21. The van der Waals surface area contributed by atoms with Gasteiger partial charge in [-0.05, 0) is 83.3 Å². The van der Waals surface area contributed by atoms with E-state index in [0.717, 1.165) is 3.57 Å². The fourth-order valence-electron chi connectivity index (χ4n) is 3.02. The standard InChI is InChI=1S/C23H19IN2O7S/c24-16-3-7-17(8-4-16)25-22(27)14-33-23(28)15-1-5-18(6-2-15)26-34(29,30)19-9-10-20-21(13-19)32-12-11-31-20/h1-10,13,26H,11-12,14H2,(H,25,27). The van der Waals surface area contributed by atoms with E-state index in [1.54, 1.807) is 12.1 Å². The van der Waals surface area contributed by atoms with Gasteiger partial charge in [0.1, 0.15) is 13.2 Å². The zero-order valence-electron chi connectivity index (χ0n) is 17.6. The van der Waals surface area contributed by atoms with Crippen molar-refractivity contribution in [2.45, 2.75) is 4.90 Å². The van der Waals surface area contributed by atoms with Crippen molar-refractivity contribution >= 4 is 55.9 Å². The van der Waals surface area contributed by atoms with Gasteiger partial charge in [-0.15, -0.1) is 0 Å². The second-order valence-electron chi connectivity index (χ2n) is 7.12. The van der Waals surface area contributed by atoms with Gasteiger partial charge in [0.2, 0.25) is 0 Å². The van der Waals surface area contributed by atoms with Crippen LogP contribution in [0, 0.1) is 3.57 Å². The van der Waals surface area contributed by atoms with Crippen LogP contribution < -0.4 is 19.5 Å². The van der Waals surface area contributed by atoms with E-state index in [9.17, 15) is 18.0 Å². The van der Waals surface area contributed by atoms with Crippen molar-refractivity contribution in [1.29, 1.82) is 0 Å². The number of carbonyl (C=O) groups is 2. The summed E-state index contributed by atoms with van der Waals surface area (Å²) >= 11 is 2.15. The number of ether oxygens (including phenoxy) is 3. The third-order valence-corrected chi connectivity index (χ3v) is 6.76. The van der Waals surface area contributed by atoms with E-state index < -0.39 is 28.5 Å². The van der Waals surface area contributed by atoms with E-state index in [4.69, 9.17) is 14.2 Å². The van der Waals surface area contributed by atoms with E-state index in [1.807, 2.05) is 12.1 Å². The molecule has 0 atom stereocenters. The lowest BCUT2D eigenvalue weighted by atomic mass is 10.2. The van der Waals surface area contributed by atoms with Crippen molar-refractivity contribution in [2.75, 3.05) is 29.9 Å². The van der Waals surface area contributed by atoms with Crippen LogP contribution in [0.25, 0.3) is 0 Å². The summed E-state index contributed by atoms with van der Waals surface area (Å²) in [7, 11) is -3.89. The van der Waals surface area contributed by atoms with Crippen LogP contribution in [0.1, 0.15) is 10.4 Å². The number of benzene rings is 3. The SMILES string of the molecule is O=C(COC(=O)c1ccc(NS(=O)(=O)c2ccc3c(c2)OCCO3)cc1)Nc1ccc(I)cc1. The van der Waals surface area contributed by atoms with Crippen LogP contribution in [0.3, 0.4) is 0 Å². The maximum absolute atomic E-state index is 12.7. The Labute approximate surface area is 209 Å². The summed E-state index contributed by atoms with van der Waals surface area (Å²) in [6.45, 7) is 0.293. The molecule has 0 aliphatic carbocycles. The molecule has 34 heavy (non-hydrogen) atoms. The highest BCUT2D eigenvalue weighted by molar-refractivity contribution is 14.1. The van der Waals surface area contributed by atoms with Gasteiger partial charge in [0.05, 0.1) is 10.5 Å². The van der Waals surface area contributed by atoms with Gasteiger partial charge < -0.3 is 19.5 Å². The largest absolute Gasteiger partial charge is 0.486 e. The molecule has 9 nitrogen and oxygen atoms in total. The Hall–Kier alpha value is -3.32. The lowest BCUT2D eigenvalue weighted by Gasteiger charge is -2.19. The van der Waals surface area contributed by atoms with Gasteiger partial charge in [-0.3, -0.25) is 9.52 Å². The second-order valence-corrected chi connectivity index (χ2v) is 10.0. The van der Waals surface area contributed by atoms with Crippen molar-refractivity contribution in [1.82, 2.24) is 0 Å². The fraction of sp³-hybridized carbons (Fsp3) is 0.130. The third kappa shape index (κ3) is 5.97. The predicted molar refractivity (Wildman–Crippen MR) is 133 cm³/mol. The molecule has 0 saturated heterocycles. The Morgan fingerprint density at radius 1 is 0.882 bits per heavy atom. The molecule has 2 N–H and O–H groups in total. The van der Waals surface area contributed by atoms with Gasteiger partial charge in [0.15, 0.2) is 18.1 Å². The second kappa shape index (κ2) is 10.3. The number of hydrogen-bond donors (Lipinski definition) is 2. The van der Waals surface area contributed by atoms with Crippen LogP contribution in [0.5, 0.6) is 11.5 Å². The number of rotatable bonds is 7. The first-order chi connectivity index (χ1) is 16.3. The highest BCUT2D eigenvalue weighted by Crippen LogP contribution is 2.32. The smallest absolute Gasteiger partial charge is 0.338 e. The summed E-state index contributed by atoms with van der Waals surface area (Å²) in [5.41, 5.74) is 1.02. The molecule has 11 heteroatoms. The Bertz CT molecular complexity index is 1310. The number of amides is 1. The Morgan fingerprint density at radius 2 is 1.53 bits per heavy atom. The molecule has 1 aliphatic heterocycles. The molecule has 176 valence electrons. The number of esters is 1. The molecule has 1 aliphatic rings. The number of anilines is 2. The maximum atomic E-state index is 12.7. The van der Waals surface area contributed by atoms with Crippen molar-refractivity contribution in [3.05, 3.63) is 75.9 Å². The van der Waals surface area contributed by atoms with Gasteiger partial charge >= 0.3 is 5.97 Å². The maximum Gasteiger partial charge on any atom is 0.338 e. The van der Waals surface area contributed by atoms with Gasteiger partial charge in [-0.1, -0.05) is 0 Å². The molecule has 0 bridgehead atoms. The van der Waals surface area contributed by atoms with Crippen LogP contribution in [-0.2, 0) is 19.6 Å². The predicted octanol–water partition coefficient (Wildman–Crippen LogP) is 3.66. The number of nitrogens with one attached hydrogen (secondary N) is 2. The van der Waals surface area contributed by atoms with Gasteiger partial charge in [0.25, 0.3) is 15.9 Å². The molecule has 1 heterocycles. The molecule has 0 saturated carbocycles. The van der Waals surface area contributed by atoms with Crippen molar-refractivity contribution < 1.29 is 32.2 Å². The van der Waals surface area contributed by atoms with Crippen LogP contribution in [0.4, 0.5) is 11.4 Å². The molecular formula is C23H19IN2O7S.